The zero-order valence-electron chi connectivity index (χ0n) is 14.8. The van der Waals surface area contributed by atoms with Gasteiger partial charge in [0.25, 0.3) is 0 Å². The second kappa shape index (κ2) is 6.50. The predicted molar refractivity (Wildman–Crippen MR) is 98.0 cm³/mol. The van der Waals surface area contributed by atoms with E-state index in [0.717, 1.165) is 36.8 Å². The molecule has 2 aliphatic rings. The summed E-state index contributed by atoms with van der Waals surface area (Å²) in [6.45, 7) is 3.80. The lowest BCUT2D eigenvalue weighted by molar-refractivity contribution is 0.0864. The van der Waals surface area contributed by atoms with E-state index in [1.54, 1.807) is 0 Å². The van der Waals surface area contributed by atoms with Crippen LogP contribution < -0.4 is 10.4 Å². The number of rotatable bonds is 4. The average Bonchev–Trinajstić information content (AvgIpc) is 2.86. The SMILES string of the molecule is CCc1cc2ccc(OC3C[C@H]4CC[C@@H](C3)N4B(C)O)cc2oc1=O. The van der Waals surface area contributed by atoms with E-state index in [2.05, 4.69) is 4.81 Å². The molecule has 25 heavy (non-hydrogen) atoms. The number of hydrogen-bond acceptors (Lipinski definition) is 5. The van der Waals surface area contributed by atoms with Crippen LogP contribution in [0.2, 0.25) is 6.82 Å². The molecular formula is C19H24BNO4. The van der Waals surface area contributed by atoms with Gasteiger partial charge in [-0.15, -0.1) is 0 Å². The minimum absolute atomic E-state index is 0.145. The molecular weight excluding hydrogens is 317 g/mol. The first-order chi connectivity index (χ1) is 12.0. The summed E-state index contributed by atoms with van der Waals surface area (Å²) in [5.74, 6) is 0.745. The van der Waals surface area contributed by atoms with Crippen molar-refractivity contribution in [3.8, 4) is 5.75 Å². The number of fused-ring (bicyclic) bond motifs is 3. The van der Waals surface area contributed by atoms with Crippen molar-refractivity contribution in [2.75, 3.05) is 0 Å². The summed E-state index contributed by atoms with van der Waals surface area (Å²) in [4.78, 5) is 14.2. The standard InChI is InChI=1S/C19H24BNO4/c1-3-12-8-13-4-7-16(11-18(13)25-19(12)22)24-17-9-14-5-6-15(10-17)21(14)20(2)23/h4,7-8,11,14-15,17,23H,3,5-6,9-10H2,1-2H3/t14-,15+,17?. The van der Waals surface area contributed by atoms with Gasteiger partial charge in [-0.05, 0) is 57.1 Å². The number of benzene rings is 1. The molecule has 0 amide bonds. The monoisotopic (exact) mass is 341 g/mol. The van der Waals surface area contributed by atoms with Gasteiger partial charge in [-0.1, -0.05) is 6.92 Å². The summed E-state index contributed by atoms with van der Waals surface area (Å²) in [6, 6.07) is 8.41. The summed E-state index contributed by atoms with van der Waals surface area (Å²) < 4.78 is 11.6. The maximum Gasteiger partial charge on any atom is 0.376 e. The van der Waals surface area contributed by atoms with E-state index in [9.17, 15) is 9.82 Å². The molecule has 1 aromatic carbocycles. The van der Waals surface area contributed by atoms with Gasteiger partial charge in [-0.25, -0.2) is 4.79 Å². The minimum Gasteiger partial charge on any atom is -0.490 e. The van der Waals surface area contributed by atoms with Crippen LogP contribution in [-0.2, 0) is 6.42 Å². The van der Waals surface area contributed by atoms with Gasteiger partial charge in [0, 0.05) is 29.1 Å². The zero-order chi connectivity index (χ0) is 17.6. The Morgan fingerprint density at radius 1 is 1.28 bits per heavy atom. The molecule has 0 radical (unpaired) electrons. The molecule has 5 nitrogen and oxygen atoms in total. The largest absolute Gasteiger partial charge is 0.490 e. The van der Waals surface area contributed by atoms with E-state index >= 15 is 0 Å². The number of piperidine rings is 1. The van der Waals surface area contributed by atoms with E-state index < -0.39 is 0 Å². The maximum atomic E-state index is 11.9. The van der Waals surface area contributed by atoms with Crippen LogP contribution in [0.3, 0.4) is 0 Å². The predicted octanol–water partition coefficient (Wildman–Crippen LogP) is 2.84. The Morgan fingerprint density at radius 3 is 2.64 bits per heavy atom. The van der Waals surface area contributed by atoms with Crippen LogP contribution in [0.15, 0.2) is 33.5 Å². The highest BCUT2D eigenvalue weighted by atomic mass is 16.5. The number of nitrogens with zero attached hydrogens (tertiary/aromatic N) is 1. The Bertz CT molecular complexity index is 820. The maximum absolute atomic E-state index is 11.9. The Morgan fingerprint density at radius 2 is 2.00 bits per heavy atom. The molecule has 2 aliphatic heterocycles. The van der Waals surface area contributed by atoms with Gasteiger partial charge in [0.15, 0.2) is 0 Å². The Labute approximate surface area is 147 Å². The van der Waals surface area contributed by atoms with Crippen molar-refractivity contribution < 1.29 is 14.2 Å². The van der Waals surface area contributed by atoms with Gasteiger partial charge in [0.2, 0.25) is 0 Å². The summed E-state index contributed by atoms with van der Waals surface area (Å²) in [6.07, 6.45) is 4.92. The molecule has 2 bridgehead atoms. The van der Waals surface area contributed by atoms with Crippen LogP contribution in [0.5, 0.6) is 5.75 Å². The molecule has 3 heterocycles. The van der Waals surface area contributed by atoms with E-state index in [1.165, 1.54) is 0 Å². The van der Waals surface area contributed by atoms with Crippen LogP contribution in [0.25, 0.3) is 11.0 Å². The lowest BCUT2D eigenvalue weighted by atomic mass is 9.79. The Hall–Kier alpha value is -1.79. The first-order valence-corrected chi connectivity index (χ1v) is 9.24. The lowest BCUT2D eigenvalue weighted by Crippen LogP contribution is -2.52. The molecule has 2 aromatic rings. The topological polar surface area (TPSA) is 62.9 Å². The first-order valence-electron chi connectivity index (χ1n) is 9.24. The summed E-state index contributed by atoms with van der Waals surface area (Å²) in [5, 5.41) is 10.9. The highest BCUT2D eigenvalue weighted by molar-refractivity contribution is 6.45. The van der Waals surface area contributed by atoms with E-state index in [-0.39, 0.29) is 18.8 Å². The quantitative estimate of drug-likeness (QED) is 0.684. The van der Waals surface area contributed by atoms with Crippen LogP contribution in [0, 0.1) is 0 Å². The smallest absolute Gasteiger partial charge is 0.376 e. The molecule has 0 saturated carbocycles. The molecule has 0 spiro atoms. The second-order valence-corrected chi connectivity index (χ2v) is 7.29. The summed E-state index contributed by atoms with van der Waals surface area (Å²) in [7, 11) is -0.388. The van der Waals surface area contributed by atoms with E-state index in [1.807, 2.05) is 38.0 Å². The van der Waals surface area contributed by atoms with Gasteiger partial charge < -0.3 is 19.0 Å². The van der Waals surface area contributed by atoms with Crippen LogP contribution in [0.1, 0.15) is 38.2 Å². The average molecular weight is 341 g/mol. The van der Waals surface area contributed by atoms with Gasteiger partial charge >= 0.3 is 12.7 Å². The molecule has 1 aromatic heterocycles. The fourth-order valence-electron chi connectivity index (χ4n) is 4.52. The van der Waals surface area contributed by atoms with Gasteiger partial charge in [-0.3, -0.25) is 0 Å². The number of aryl methyl sites for hydroxylation is 1. The van der Waals surface area contributed by atoms with Crippen LogP contribution in [0.4, 0.5) is 0 Å². The fraction of sp³-hybridized carbons (Fsp3) is 0.526. The van der Waals surface area contributed by atoms with Gasteiger partial charge in [-0.2, -0.15) is 0 Å². The molecule has 1 N–H and O–H groups in total. The molecule has 1 unspecified atom stereocenters. The number of ether oxygens (including phenoxy) is 1. The van der Waals surface area contributed by atoms with Crippen molar-refractivity contribution >= 4 is 18.0 Å². The molecule has 2 saturated heterocycles. The third-order valence-corrected chi connectivity index (χ3v) is 5.64. The van der Waals surface area contributed by atoms with Crippen LogP contribution in [-0.4, -0.2) is 35.1 Å². The number of hydrogen-bond donors (Lipinski definition) is 1. The highest BCUT2D eigenvalue weighted by Crippen LogP contribution is 2.37. The van der Waals surface area contributed by atoms with Crippen molar-refractivity contribution in [1.82, 2.24) is 4.81 Å². The van der Waals surface area contributed by atoms with Crippen LogP contribution >= 0.6 is 0 Å². The molecule has 6 heteroatoms. The summed E-state index contributed by atoms with van der Waals surface area (Å²) in [5.41, 5.74) is 1.00. The summed E-state index contributed by atoms with van der Waals surface area (Å²) >= 11 is 0. The minimum atomic E-state index is -0.388. The van der Waals surface area contributed by atoms with E-state index in [4.69, 9.17) is 9.15 Å². The Kier molecular flexibility index (Phi) is 4.34. The van der Waals surface area contributed by atoms with Crippen molar-refractivity contribution in [3.63, 3.8) is 0 Å². The van der Waals surface area contributed by atoms with Gasteiger partial charge in [0.05, 0.1) is 0 Å². The van der Waals surface area contributed by atoms with Crippen molar-refractivity contribution in [3.05, 3.63) is 40.2 Å². The second-order valence-electron chi connectivity index (χ2n) is 7.29. The third kappa shape index (κ3) is 3.09. The van der Waals surface area contributed by atoms with Crippen molar-refractivity contribution in [2.24, 2.45) is 0 Å². The first kappa shape index (κ1) is 16.7. The third-order valence-electron chi connectivity index (χ3n) is 5.64. The molecule has 0 aliphatic carbocycles. The fourth-order valence-corrected chi connectivity index (χ4v) is 4.52. The Balaban J connectivity index is 1.53. The molecule has 3 atom stereocenters. The zero-order valence-corrected chi connectivity index (χ0v) is 14.8. The van der Waals surface area contributed by atoms with Crippen molar-refractivity contribution in [1.29, 1.82) is 0 Å². The van der Waals surface area contributed by atoms with Crippen molar-refractivity contribution in [2.45, 2.75) is 64.0 Å². The normalized spacial score (nSPS) is 26.1. The molecule has 4 rings (SSSR count). The van der Waals surface area contributed by atoms with E-state index in [0.29, 0.717) is 29.7 Å². The molecule has 2 fully saturated rings. The lowest BCUT2D eigenvalue weighted by Gasteiger charge is -2.39. The van der Waals surface area contributed by atoms with Gasteiger partial charge in [0.1, 0.15) is 17.4 Å². The molecule has 132 valence electrons. The highest BCUT2D eigenvalue weighted by Gasteiger charge is 2.44.